The van der Waals surface area contributed by atoms with Crippen molar-refractivity contribution in [1.29, 1.82) is 0 Å². The lowest BCUT2D eigenvalue weighted by molar-refractivity contribution is 0.0931. The van der Waals surface area contributed by atoms with Gasteiger partial charge >= 0.3 is 0 Å². The minimum atomic E-state index is -3.36. The zero-order chi connectivity index (χ0) is 19.2. The van der Waals surface area contributed by atoms with Crippen LogP contribution in [0.5, 0.6) is 0 Å². The maximum absolute atomic E-state index is 12.1. The minimum Gasteiger partial charge on any atom is -0.376 e. The molecule has 0 saturated carbocycles. The molecule has 1 atom stereocenters. The minimum absolute atomic E-state index is 0.0780. The Morgan fingerprint density at radius 3 is 2.38 bits per heavy atom. The van der Waals surface area contributed by atoms with E-state index in [1.807, 2.05) is 4.57 Å². The fraction of sp³-hybridized carbons (Fsp3) is 0.833. The van der Waals surface area contributed by atoms with Crippen LogP contribution < -0.4 is 0 Å². The molecule has 0 aromatic carbocycles. The monoisotopic (exact) mass is 386 g/mol. The van der Waals surface area contributed by atoms with E-state index in [1.165, 1.54) is 6.26 Å². The van der Waals surface area contributed by atoms with Crippen LogP contribution in [0, 0.1) is 0 Å². The Labute approximate surface area is 158 Å². The lowest BCUT2D eigenvalue weighted by Crippen LogP contribution is -2.35. The first kappa shape index (κ1) is 21.3. The van der Waals surface area contributed by atoms with Crippen LogP contribution in [0.1, 0.15) is 39.3 Å². The van der Waals surface area contributed by atoms with E-state index in [-0.39, 0.29) is 11.3 Å². The first-order valence-corrected chi connectivity index (χ1v) is 11.6. The molecule has 0 bridgehead atoms. The van der Waals surface area contributed by atoms with Crippen molar-refractivity contribution in [3.05, 3.63) is 11.9 Å². The van der Waals surface area contributed by atoms with Crippen molar-refractivity contribution in [2.45, 2.75) is 58.0 Å². The predicted molar refractivity (Wildman–Crippen MR) is 103 cm³/mol. The van der Waals surface area contributed by atoms with Gasteiger partial charge in [-0.1, -0.05) is 20.8 Å². The highest BCUT2D eigenvalue weighted by Crippen LogP contribution is 2.20. The fourth-order valence-corrected chi connectivity index (χ4v) is 4.24. The molecule has 2 rings (SSSR count). The van der Waals surface area contributed by atoms with E-state index in [0.717, 1.165) is 57.9 Å². The molecule has 0 N–H and O–H groups in total. The first-order valence-electron chi connectivity index (χ1n) is 9.69. The van der Waals surface area contributed by atoms with Gasteiger partial charge in [0, 0.05) is 32.5 Å². The molecule has 1 aliphatic rings. The van der Waals surface area contributed by atoms with Crippen LogP contribution in [0.15, 0.2) is 11.4 Å². The van der Waals surface area contributed by atoms with E-state index >= 15 is 0 Å². The summed E-state index contributed by atoms with van der Waals surface area (Å²) in [7, 11) is -3.36. The van der Waals surface area contributed by atoms with Gasteiger partial charge in [0.15, 0.2) is 0 Å². The average Bonchev–Trinajstić information content (AvgIpc) is 3.25. The number of likely N-dealkylation sites (N-methyl/N-ethyl adjacent to an activating group) is 2. The van der Waals surface area contributed by atoms with Gasteiger partial charge in [-0.3, -0.25) is 4.90 Å². The second kappa shape index (κ2) is 9.82. The van der Waals surface area contributed by atoms with Crippen molar-refractivity contribution >= 4 is 9.84 Å². The third-order valence-electron chi connectivity index (χ3n) is 5.10. The third-order valence-corrected chi connectivity index (χ3v) is 6.09. The Hall–Kier alpha value is -0.960. The summed E-state index contributed by atoms with van der Waals surface area (Å²) in [5, 5.41) is 0.155. The molecule has 0 aliphatic carbocycles. The van der Waals surface area contributed by atoms with Gasteiger partial charge in [0.25, 0.3) is 0 Å². The van der Waals surface area contributed by atoms with Crippen LogP contribution in [0.2, 0.25) is 0 Å². The number of hydrogen-bond acceptors (Lipinski definition) is 6. The van der Waals surface area contributed by atoms with Crippen molar-refractivity contribution < 1.29 is 13.2 Å². The van der Waals surface area contributed by atoms with Crippen LogP contribution in [0.3, 0.4) is 0 Å². The molecule has 1 aromatic rings. The van der Waals surface area contributed by atoms with Gasteiger partial charge in [0.1, 0.15) is 0 Å². The Morgan fingerprint density at radius 1 is 1.19 bits per heavy atom. The van der Waals surface area contributed by atoms with E-state index in [2.05, 4.69) is 35.6 Å². The molecule has 8 heteroatoms. The number of hydrogen-bond donors (Lipinski definition) is 0. The van der Waals surface area contributed by atoms with Crippen LogP contribution in [0.4, 0.5) is 0 Å². The summed E-state index contributed by atoms with van der Waals surface area (Å²) in [6.45, 7) is 13.5. The van der Waals surface area contributed by atoms with Gasteiger partial charge < -0.3 is 14.2 Å². The van der Waals surface area contributed by atoms with Crippen LogP contribution in [0.25, 0.3) is 0 Å². The predicted octanol–water partition coefficient (Wildman–Crippen LogP) is 1.63. The van der Waals surface area contributed by atoms with Crippen molar-refractivity contribution in [2.75, 3.05) is 45.6 Å². The Morgan fingerprint density at radius 2 is 1.85 bits per heavy atom. The van der Waals surface area contributed by atoms with Crippen molar-refractivity contribution in [3.63, 3.8) is 0 Å². The molecule has 2 heterocycles. The van der Waals surface area contributed by atoms with Crippen molar-refractivity contribution in [2.24, 2.45) is 0 Å². The quantitative estimate of drug-likeness (QED) is 0.576. The second-order valence-corrected chi connectivity index (χ2v) is 8.86. The highest BCUT2D eigenvalue weighted by atomic mass is 32.2. The summed E-state index contributed by atoms with van der Waals surface area (Å²) in [4.78, 5) is 8.96. The lowest BCUT2D eigenvalue weighted by Gasteiger charge is -2.26. The average molecular weight is 387 g/mol. The number of imidazole rings is 1. The SMILES string of the molecule is CCN(CC)CCN(CC)Cc1cnc(S(C)(=O)=O)n1CC1CCCO1. The van der Waals surface area contributed by atoms with Crippen molar-refractivity contribution in [1.82, 2.24) is 19.4 Å². The summed E-state index contributed by atoms with van der Waals surface area (Å²) in [6.07, 6.45) is 5.03. The molecule has 1 fully saturated rings. The van der Waals surface area contributed by atoms with E-state index < -0.39 is 9.84 Å². The van der Waals surface area contributed by atoms with Gasteiger partial charge in [-0.2, -0.15) is 0 Å². The van der Waals surface area contributed by atoms with E-state index in [4.69, 9.17) is 4.74 Å². The molecule has 1 aromatic heterocycles. The molecule has 1 aliphatic heterocycles. The van der Waals surface area contributed by atoms with Gasteiger partial charge in [0.05, 0.1) is 24.5 Å². The van der Waals surface area contributed by atoms with Gasteiger partial charge in [0.2, 0.25) is 15.0 Å². The van der Waals surface area contributed by atoms with Gasteiger partial charge in [-0.05, 0) is 32.5 Å². The van der Waals surface area contributed by atoms with Crippen molar-refractivity contribution in [3.8, 4) is 0 Å². The van der Waals surface area contributed by atoms with E-state index in [9.17, 15) is 8.42 Å². The summed E-state index contributed by atoms with van der Waals surface area (Å²) in [5.74, 6) is 0. The first-order chi connectivity index (χ1) is 12.4. The third kappa shape index (κ3) is 5.77. The number of ether oxygens (including phenoxy) is 1. The fourth-order valence-electron chi connectivity index (χ4n) is 3.40. The largest absolute Gasteiger partial charge is 0.376 e. The van der Waals surface area contributed by atoms with E-state index in [0.29, 0.717) is 13.1 Å². The highest BCUT2D eigenvalue weighted by Gasteiger charge is 2.24. The summed E-state index contributed by atoms with van der Waals surface area (Å²) in [5.41, 5.74) is 0.947. The summed E-state index contributed by atoms with van der Waals surface area (Å²) < 4.78 is 31.9. The molecule has 26 heavy (non-hydrogen) atoms. The maximum Gasteiger partial charge on any atom is 0.227 e. The number of rotatable bonds is 11. The van der Waals surface area contributed by atoms with Gasteiger partial charge in [-0.15, -0.1) is 0 Å². The normalized spacial score (nSPS) is 18.3. The van der Waals surface area contributed by atoms with Gasteiger partial charge in [-0.25, -0.2) is 13.4 Å². The summed E-state index contributed by atoms with van der Waals surface area (Å²) >= 11 is 0. The molecular formula is C18H34N4O3S. The van der Waals surface area contributed by atoms with Crippen LogP contribution in [-0.4, -0.2) is 79.5 Å². The molecule has 1 unspecified atom stereocenters. The molecule has 150 valence electrons. The lowest BCUT2D eigenvalue weighted by atomic mass is 10.2. The standard InChI is InChI=1S/C18H34N4O3S/c1-5-20(6-2)10-11-21(7-3)14-16-13-19-18(26(4,23)24)22(16)15-17-9-8-12-25-17/h13,17H,5-12,14-15H2,1-4H3. The highest BCUT2D eigenvalue weighted by molar-refractivity contribution is 7.90. The van der Waals surface area contributed by atoms with Crippen LogP contribution in [-0.2, 0) is 27.7 Å². The topological polar surface area (TPSA) is 67.7 Å². The number of nitrogens with zero attached hydrogens (tertiary/aromatic N) is 4. The Kier molecular flexibility index (Phi) is 8.06. The zero-order valence-electron chi connectivity index (χ0n) is 16.6. The zero-order valence-corrected chi connectivity index (χ0v) is 17.5. The van der Waals surface area contributed by atoms with E-state index in [1.54, 1.807) is 6.20 Å². The number of aromatic nitrogens is 2. The molecule has 0 spiro atoms. The van der Waals surface area contributed by atoms with Crippen LogP contribution >= 0.6 is 0 Å². The Balaban J connectivity index is 2.14. The molecule has 0 amide bonds. The molecule has 0 radical (unpaired) electrons. The summed E-state index contributed by atoms with van der Waals surface area (Å²) in [6, 6.07) is 0. The number of sulfone groups is 1. The smallest absolute Gasteiger partial charge is 0.227 e. The second-order valence-electron chi connectivity index (χ2n) is 6.95. The molecular weight excluding hydrogens is 352 g/mol. The Bertz CT molecular complexity index is 649. The molecule has 7 nitrogen and oxygen atoms in total. The molecule has 1 saturated heterocycles. The maximum atomic E-state index is 12.1.